The predicted octanol–water partition coefficient (Wildman–Crippen LogP) is 6.48. The van der Waals surface area contributed by atoms with E-state index >= 15 is 0 Å². The third-order valence-corrected chi connectivity index (χ3v) is 5.23. The van der Waals surface area contributed by atoms with Gasteiger partial charge in [-0.25, -0.2) is 0 Å². The highest BCUT2D eigenvalue weighted by atomic mass is 16.3. The summed E-state index contributed by atoms with van der Waals surface area (Å²) in [7, 11) is 0. The first-order valence-corrected chi connectivity index (χ1v) is 11.6. The van der Waals surface area contributed by atoms with Crippen molar-refractivity contribution in [1.29, 1.82) is 0 Å². The summed E-state index contributed by atoms with van der Waals surface area (Å²) in [5.74, 6) is -0.0871. The number of carbonyl (C=O) groups is 1. The molecule has 0 aromatic carbocycles. The van der Waals surface area contributed by atoms with Crippen LogP contribution in [0.5, 0.6) is 0 Å². The number of unbranched alkanes of at least 4 members (excludes halogenated alkanes) is 14. The van der Waals surface area contributed by atoms with E-state index in [1.54, 1.807) is 6.92 Å². The van der Waals surface area contributed by atoms with Crippen LogP contribution in [0.4, 0.5) is 0 Å². The van der Waals surface area contributed by atoms with Crippen molar-refractivity contribution in [2.45, 2.75) is 130 Å². The van der Waals surface area contributed by atoms with E-state index in [-0.39, 0.29) is 5.91 Å². The van der Waals surface area contributed by atoms with Gasteiger partial charge in [-0.05, 0) is 19.8 Å². The van der Waals surface area contributed by atoms with Crippen molar-refractivity contribution in [1.82, 2.24) is 4.90 Å². The summed E-state index contributed by atoms with van der Waals surface area (Å²) in [6.07, 6.45) is 19.6. The number of hydrogen-bond acceptors (Lipinski definition) is 2. The van der Waals surface area contributed by atoms with Crippen LogP contribution in [0.15, 0.2) is 0 Å². The Morgan fingerprint density at radius 1 is 0.654 bits per heavy atom. The molecule has 0 aliphatic carbocycles. The van der Waals surface area contributed by atoms with E-state index in [4.69, 9.17) is 0 Å². The fraction of sp³-hybridized carbons (Fsp3) is 0.957. The lowest BCUT2D eigenvalue weighted by Gasteiger charge is -2.24. The zero-order valence-electron chi connectivity index (χ0n) is 18.1. The normalized spacial score (nSPS) is 12.3. The maximum absolute atomic E-state index is 12.2. The van der Waals surface area contributed by atoms with Crippen molar-refractivity contribution in [3.8, 4) is 0 Å². The largest absolute Gasteiger partial charge is 0.384 e. The van der Waals surface area contributed by atoms with Gasteiger partial charge >= 0.3 is 0 Å². The highest BCUT2D eigenvalue weighted by Crippen LogP contribution is 2.12. The van der Waals surface area contributed by atoms with E-state index in [1.165, 1.54) is 89.9 Å². The fourth-order valence-corrected chi connectivity index (χ4v) is 3.47. The summed E-state index contributed by atoms with van der Waals surface area (Å²) in [6, 6.07) is 0. The summed E-state index contributed by atoms with van der Waals surface area (Å²) in [5, 5.41) is 9.65. The Hall–Kier alpha value is -0.570. The fourth-order valence-electron chi connectivity index (χ4n) is 3.47. The molecule has 1 atom stereocenters. The third-order valence-electron chi connectivity index (χ3n) is 5.23. The summed E-state index contributed by atoms with van der Waals surface area (Å²) >= 11 is 0. The van der Waals surface area contributed by atoms with Crippen molar-refractivity contribution in [2.24, 2.45) is 0 Å². The number of rotatable bonds is 19. The van der Waals surface area contributed by atoms with E-state index in [1.807, 2.05) is 4.90 Å². The van der Waals surface area contributed by atoms with Gasteiger partial charge in [0, 0.05) is 13.1 Å². The highest BCUT2D eigenvalue weighted by molar-refractivity contribution is 5.80. The van der Waals surface area contributed by atoms with E-state index in [9.17, 15) is 9.90 Å². The van der Waals surface area contributed by atoms with Gasteiger partial charge in [0.05, 0.1) is 0 Å². The van der Waals surface area contributed by atoms with Crippen molar-refractivity contribution in [2.75, 3.05) is 13.1 Å². The van der Waals surface area contributed by atoms with Gasteiger partial charge in [0.1, 0.15) is 6.10 Å². The Morgan fingerprint density at radius 2 is 0.962 bits per heavy atom. The molecule has 0 heterocycles. The molecule has 0 saturated carbocycles. The van der Waals surface area contributed by atoms with Crippen LogP contribution in [0.1, 0.15) is 124 Å². The van der Waals surface area contributed by atoms with Crippen LogP contribution < -0.4 is 0 Å². The van der Waals surface area contributed by atoms with Crippen LogP contribution in [-0.2, 0) is 4.79 Å². The topological polar surface area (TPSA) is 40.5 Å². The molecule has 0 saturated heterocycles. The molecule has 0 aliphatic heterocycles. The molecule has 0 radical (unpaired) electrons. The molecule has 0 aromatic rings. The summed E-state index contributed by atoms with van der Waals surface area (Å²) in [6.45, 7) is 7.72. The van der Waals surface area contributed by atoms with Gasteiger partial charge in [-0.3, -0.25) is 4.79 Å². The molecule has 0 aromatic heterocycles. The van der Waals surface area contributed by atoms with E-state index in [0.29, 0.717) is 0 Å². The molecular weight excluding hydrogens is 322 g/mol. The second-order valence-corrected chi connectivity index (χ2v) is 7.95. The molecule has 0 rings (SSSR count). The first kappa shape index (κ1) is 25.4. The molecule has 0 spiro atoms. The minimum atomic E-state index is -0.863. The number of aliphatic hydroxyl groups is 1. The van der Waals surface area contributed by atoms with Gasteiger partial charge in [-0.1, -0.05) is 104 Å². The third kappa shape index (κ3) is 15.7. The molecule has 3 heteroatoms. The van der Waals surface area contributed by atoms with Gasteiger partial charge in [0.25, 0.3) is 5.91 Å². The Morgan fingerprint density at radius 3 is 1.27 bits per heavy atom. The van der Waals surface area contributed by atoms with E-state index in [0.717, 1.165) is 25.9 Å². The maximum Gasteiger partial charge on any atom is 0.251 e. The maximum atomic E-state index is 12.2. The van der Waals surface area contributed by atoms with Crippen molar-refractivity contribution >= 4 is 5.91 Å². The summed E-state index contributed by atoms with van der Waals surface area (Å²) in [4.78, 5) is 14.1. The van der Waals surface area contributed by atoms with Crippen molar-refractivity contribution in [3.05, 3.63) is 0 Å². The standard InChI is InChI=1S/C23H47NO2/c1-4-6-8-10-12-14-16-18-20-24(23(26)22(3)25)21-19-17-15-13-11-9-7-5-2/h22,25H,4-21H2,1-3H3/t22-/m0/s1. The number of nitrogens with zero attached hydrogens (tertiary/aromatic N) is 1. The minimum Gasteiger partial charge on any atom is -0.384 e. The highest BCUT2D eigenvalue weighted by Gasteiger charge is 2.17. The molecule has 1 N–H and O–H groups in total. The molecule has 0 fully saturated rings. The molecule has 156 valence electrons. The Bertz CT molecular complexity index is 285. The molecule has 0 unspecified atom stereocenters. The molecule has 3 nitrogen and oxygen atoms in total. The second kappa shape index (κ2) is 19.2. The minimum absolute atomic E-state index is 0.0871. The van der Waals surface area contributed by atoms with Gasteiger partial charge in [0.15, 0.2) is 0 Å². The van der Waals surface area contributed by atoms with Crippen LogP contribution >= 0.6 is 0 Å². The molecule has 26 heavy (non-hydrogen) atoms. The first-order chi connectivity index (χ1) is 12.6. The van der Waals surface area contributed by atoms with Crippen LogP contribution in [0.3, 0.4) is 0 Å². The van der Waals surface area contributed by atoms with Crippen LogP contribution in [0.25, 0.3) is 0 Å². The van der Waals surface area contributed by atoms with E-state index in [2.05, 4.69) is 13.8 Å². The number of amides is 1. The Balaban J connectivity index is 3.80. The summed E-state index contributed by atoms with van der Waals surface area (Å²) < 4.78 is 0. The smallest absolute Gasteiger partial charge is 0.251 e. The number of hydrogen-bond donors (Lipinski definition) is 1. The molecular formula is C23H47NO2. The quantitative estimate of drug-likeness (QED) is 0.265. The van der Waals surface area contributed by atoms with Crippen molar-refractivity contribution in [3.63, 3.8) is 0 Å². The second-order valence-electron chi connectivity index (χ2n) is 7.95. The van der Waals surface area contributed by atoms with Crippen molar-refractivity contribution < 1.29 is 9.90 Å². The Kier molecular flexibility index (Phi) is 18.8. The van der Waals surface area contributed by atoms with Gasteiger partial charge in [-0.2, -0.15) is 0 Å². The van der Waals surface area contributed by atoms with Gasteiger partial charge < -0.3 is 10.0 Å². The predicted molar refractivity (Wildman–Crippen MR) is 113 cm³/mol. The van der Waals surface area contributed by atoms with Crippen LogP contribution in [0.2, 0.25) is 0 Å². The first-order valence-electron chi connectivity index (χ1n) is 11.6. The lowest BCUT2D eigenvalue weighted by atomic mass is 10.1. The monoisotopic (exact) mass is 369 g/mol. The lowest BCUT2D eigenvalue weighted by molar-refractivity contribution is -0.139. The average Bonchev–Trinajstić information content (AvgIpc) is 2.63. The molecule has 0 bridgehead atoms. The zero-order valence-corrected chi connectivity index (χ0v) is 18.1. The van der Waals surface area contributed by atoms with E-state index < -0.39 is 6.10 Å². The van der Waals surface area contributed by atoms with Gasteiger partial charge in [0.2, 0.25) is 0 Å². The summed E-state index contributed by atoms with van der Waals surface area (Å²) in [5.41, 5.74) is 0. The molecule has 1 amide bonds. The average molecular weight is 370 g/mol. The Labute approximate surface area is 163 Å². The zero-order chi connectivity index (χ0) is 19.5. The lowest BCUT2D eigenvalue weighted by Crippen LogP contribution is -2.39. The number of aliphatic hydroxyl groups excluding tert-OH is 1. The van der Waals surface area contributed by atoms with Crippen LogP contribution in [-0.4, -0.2) is 35.1 Å². The number of carbonyl (C=O) groups excluding carboxylic acids is 1. The SMILES string of the molecule is CCCCCCCCCCN(CCCCCCCCCC)C(=O)[C@H](C)O. The van der Waals surface area contributed by atoms with Crippen LogP contribution in [0, 0.1) is 0 Å². The van der Waals surface area contributed by atoms with Gasteiger partial charge in [-0.15, -0.1) is 0 Å². The molecule has 0 aliphatic rings.